The summed E-state index contributed by atoms with van der Waals surface area (Å²) in [6.45, 7) is 2.55. The Kier molecular flexibility index (Phi) is 4.68. The van der Waals surface area contributed by atoms with Crippen molar-refractivity contribution in [1.82, 2.24) is 4.90 Å². The summed E-state index contributed by atoms with van der Waals surface area (Å²) < 4.78 is 0. The van der Waals surface area contributed by atoms with Gasteiger partial charge in [-0.3, -0.25) is 4.79 Å². The Morgan fingerprint density at radius 1 is 1.35 bits per heavy atom. The molecule has 1 saturated heterocycles. The Morgan fingerprint density at radius 2 is 2.10 bits per heavy atom. The number of hydrogen-bond donors (Lipinski definition) is 2. The second-order valence-electron chi connectivity index (χ2n) is 6.30. The monoisotopic (exact) mass is 282 g/mol. The van der Waals surface area contributed by atoms with Gasteiger partial charge in [0.1, 0.15) is 5.54 Å². The number of carboxylic acids is 1. The molecule has 114 valence electrons. The highest BCUT2D eigenvalue weighted by molar-refractivity contribution is 5.89. The van der Waals surface area contributed by atoms with Gasteiger partial charge in [0, 0.05) is 18.5 Å². The molecule has 0 spiro atoms. The van der Waals surface area contributed by atoms with E-state index in [9.17, 15) is 14.7 Å². The van der Waals surface area contributed by atoms with Gasteiger partial charge in [-0.15, -0.1) is 0 Å². The van der Waals surface area contributed by atoms with E-state index >= 15 is 0 Å². The van der Waals surface area contributed by atoms with Crippen molar-refractivity contribution in [3.8, 4) is 0 Å². The largest absolute Gasteiger partial charge is 0.479 e. The number of amides is 1. The summed E-state index contributed by atoms with van der Waals surface area (Å²) in [6, 6.07) is 0.0886. The van der Waals surface area contributed by atoms with Gasteiger partial charge in [-0.2, -0.15) is 0 Å². The molecule has 0 radical (unpaired) electrons. The van der Waals surface area contributed by atoms with Crippen LogP contribution in [-0.4, -0.2) is 40.0 Å². The van der Waals surface area contributed by atoms with Gasteiger partial charge in [-0.25, -0.2) is 4.79 Å². The fourth-order valence-corrected chi connectivity index (χ4v) is 3.87. The number of aliphatic carboxylic acids is 1. The molecule has 1 saturated carbocycles. The van der Waals surface area contributed by atoms with Crippen molar-refractivity contribution in [2.45, 2.75) is 69.9 Å². The Bertz CT molecular complexity index is 385. The lowest BCUT2D eigenvalue weighted by atomic mass is 9.83. The first kappa shape index (κ1) is 15.3. The van der Waals surface area contributed by atoms with Crippen molar-refractivity contribution < 1.29 is 14.7 Å². The first-order chi connectivity index (χ1) is 9.51. The minimum atomic E-state index is -0.965. The topological polar surface area (TPSA) is 83.6 Å². The highest BCUT2D eigenvalue weighted by atomic mass is 16.4. The average Bonchev–Trinajstić information content (AvgIpc) is 2.83. The Hall–Kier alpha value is -1.10. The zero-order valence-corrected chi connectivity index (χ0v) is 12.3. The van der Waals surface area contributed by atoms with Crippen molar-refractivity contribution >= 4 is 11.9 Å². The summed E-state index contributed by atoms with van der Waals surface area (Å²) in [4.78, 5) is 26.2. The third kappa shape index (κ3) is 2.68. The molecule has 1 aliphatic carbocycles. The predicted octanol–water partition coefficient (Wildman–Crippen LogP) is 1.75. The predicted molar refractivity (Wildman–Crippen MR) is 76.2 cm³/mol. The van der Waals surface area contributed by atoms with Gasteiger partial charge in [0.05, 0.1) is 0 Å². The minimum absolute atomic E-state index is 0.0218. The van der Waals surface area contributed by atoms with Crippen LogP contribution in [0.1, 0.15) is 58.3 Å². The molecule has 0 aromatic rings. The van der Waals surface area contributed by atoms with Crippen LogP contribution in [0.4, 0.5) is 0 Å². The molecule has 3 atom stereocenters. The molecule has 3 unspecified atom stereocenters. The maximum Gasteiger partial charge on any atom is 0.329 e. The summed E-state index contributed by atoms with van der Waals surface area (Å²) in [7, 11) is 0. The van der Waals surface area contributed by atoms with Crippen LogP contribution in [0.3, 0.4) is 0 Å². The number of carboxylic acid groups (broad SMARTS) is 1. The summed E-state index contributed by atoms with van der Waals surface area (Å²) in [6.07, 6.45) is 6.20. The van der Waals surface area contributed by atoms with E-state index in [-0.39, 0.29) is 17.9 Å². The van der Waals surface area contributed by atoms with Gasteiger partial charge in [0.15, 0.2) is 0 Å². The molecule has 0 aromatic carbocycles. The van der Waals surface area contributed by atoms with E-state index < -0.39 is 11.5 Å². The number of hydrogen-bond acceptors (Lipinski definition) is 3. The van der Waals surface area contributed by atoms with Gasteiger partial charge in [-0.1, -0.05) is 19.8 Å². The van der Waals surface area contributed by atoms with Gasteiger partial charge in [0.2, 0.25) is 5.91 Å². The molecular weight excluding hydrogens is 256 g/mol. The second-order valence-corrected chi connectivity index (χ2v) is 6.30. The molecule has 2 aliphatic rings. The third-order valence-corrected chi connectivity index (χ3v) is 4.88. The lowest BCUT2D eigenvalue weighted by Gasteiger charge is -2.38. The maximum atomic E-state index is 12.7. The molecule has 20 heavy (non-hydrogen) atoms. The molecule has 3 N–H and O–H groups in total. The van der Waals surface area contributed by atoms with E-state index in [4.69, 9.17) is 5.73 Å². The van der Waals surface area contributed by atoms with Crippen LogP contribution in [0.15, 0.2) is 0 Å². The van der Waals surface area contributed by atoms with Crippen molar-refractivity contribution in [3.63, 3.8) is 0 Å². The number of rotatable bonds is 4. The molecule has 5 heteroatoms. The fraction of sp³-hybridized carbons (Fsp3) is 0.867. The van der Waals surface area contributed by atoms with Crippen LogP contribution < -0.4 is 5.73 Å². The molecule has 5 nitrogen and oxygen atoms in total. The molecule has 1 heterocycles. The SMILES string of the molecule is CCCC1(C(=O)O)CCCN1C(=O)C1CCCC(N)C1. The van der Waals surface area contributed by atoms with E-state index in [2.05, 4.69) is 0 Å². The highest BCUT2D eigenvalue weighted by Gasteiger charge is 2.50. The molecule has 1 aliphatic heterocycles. The third-order valence-electron chi connectivity index (χ3n) is 4.88. The van der Waals surface area contributed by atoms with Crippen molar-refractivity contribution in [2.24, 2.45) is 11.7 Å². The van der Waals surface area contributed by atoms with Gasteiger partial charge in [-0.05, 0) is 38.5 Å². The van der Waals surface area contributed by atoms with Crippen molar-refractivity contribution in [2.75, 3.05) is 6.54 Å². The molecule has 2 rings (SSSR count). The van der Waals surface area contributed by atoms with E-state index in [1.165, 1.54) is 0 Å². The van der Waals surface area contributed by atoms with Gasteiger partial charge < -0.3 is 15.7 Å². The number of nitrogens with two attached hydrogens (primary N) is 1. The summed E-state index contributed by atoms with van der Waals surface area (Å²) in [5.41, 5.74) is 5.00. The standard InChI is InChI=1S/C15H26N2O3/c1-2-7-15(14(19)20)8-4-9-17(15)13(18)11-5-3-6-12(16)10-11/h11-12H,2-10,16H2,1H3,(H,19,20). The molecule has 0 bridgehead atoms. The molecule has 0 aromatic heterocycles. The first-order valence-corrected chi connectivity index (χ1v) is 7.81. The van der Waals surface area contributed by atoms with Crippen LogP contribution >= 0.6 is 0 Å². The van der Waals surface area contributed by atoms with Crippen molar-refractivity contribution in [1.29, 1.82) is 0 Å². The Balaban J connectivity index is 2.16. The van der Waals surface area contributed by atoms with E-state index in [1.807, 2.05) is 6.92 Å². The smallest absolute Gasteiger partial charge is 0.329 e. The highest BCUT2D eigenvalue weighted by Crippen LogP contribution is 2.37. The number of carbonyl (C=O) groups is 2. The summed E-state index contributed by atoms with van der Waals surface area (Å²) in [5, 5.41) is 9.65. The van der Waals surface area contributed by atoms with E-state index in [0.29, 0.717) is 25.8 Å². The van der Waals surface area contributed by atoms with E-state index in [1.54, 1.807) is 4.90 Å². The fourth-order valence-electron chi connectivity index (χ4n) is 3.87. The Morgan fingerprint density at radius 3 is 2.70 bits per heavy atom. The van der Waals surface area contributed by atoms with Crippen LogP contribution in [0.5, 0.6) is 0 Å². The number of nitrogens with zero attached hydrogens (tertiary/aromatic N) is 1. The summed E-state index contributed by atoms with van der Waals surface area (Å²) >= 11 is 0. The molecular formula is C15H26N2O3. The van der Waals surface area contributed by atoms with Crippen LogP contribution in [-0.2, 0) is 9.59 Å². The Labute approximate surface area is 120 Å². The maximum absolute atomic E-state index is 12.7. The lowest BCUT2D eigenvalue weighted by Crippen LogP contribution is -2.55. The zero-order chi connectivity index (χ0) is 14.8. The second kappa shape index (κ2) is 6.12. The van der Waals surface area contributed by atoms with Crippen LogP contribution in [0, 0.1) is 5.92 Å². The first-order valence-electron chi connectivity index (χ1n) is 7.81. The normalized spacial score (nSPS) is 34.2. The lowest BCUT2D eigenvalue weighted by molar-refractivity contribution is -0.159. The zero-order valence-electron chi connectivity index (χ0n) is 12.3. The van der Waals surface area contributed by atoms with Gasteiger partial charge >= 0.3 is 5.97 Å². The van der Waals surface area contributed by atoms with Gasteiger partial charge in [0.25, 0.3) is 0 Å². The van der Waals surface area contributed by atoms with Crippen molar-refractivity contribution in [3.05, 3.63) is 0 Å². The van der Waals surface area contributed by atoms with E-state index in [0.717, 1.165) is 32.1 Å². The number of carbonyl (C=O) groups excluding carboxylic acids is 1. The molecule has 2 fully saturated rings. The number of likely N-dealkylation sites (tertiary alicyclic amines) is 1. The van der Waals surface area contributed by atoms with Crippen LogP contribution in [0.2, 0.25) is 0 Å². The quantitative estimate of drug-likeness (QED) is 0.823. The molecule has 1 amide bonds. The van der Waals surface area contributed by atoms with Crippen LogP contribution in [0.25, 0.3) is 0 Å². The summed E-state index contributed by atoms with van der Waals surface area (Å²) in [5.74, 6) is -0.897. The average molecular weight is 282 g/mol. The minimum Gasteiger partial charge on any atom is -0.479 e.